The fourth-order valence-corrected chi connectivity index (χ4v) is 2.36. The average molecular weight is 250 g/mol. The number of aromatic nitrogens is 3. The molecule has 1 fully saturated rings. The molecule has 2 aromatic heterocycles. The Morgan fingerprint density at radius 1 is 1.53 bits per heavy atom. The van der Waals surface area contributed by atoms with Crippen LogP contribution >= 0.6 is 12.6 Å². The first kappa shape index (κ1) is 10.9. The van der Waals surface area contributed by atoms with Gasteiger partial charge in [0.1, 0.15) is 11.1 Å². The lowest BCUT2D eigenvalue weighted by Gasteiger charge is -2.31. The highest BCUT2D eigenvalue weighted by Crippen LogP contribution is 2.19. The van der Waals surface area contributed by atoms with Gasteiger partial charge in [-0.25, -0.2) is 9.97 Å². The number of aryl methyl sites for hydroxylation is 1. The number of thiol groups is 1. The molecule has 2 aromatic rings. The van der Waals surface area contributed by atoms with E-state index in [-0.39, 0.29) is 5.44 Å². The van der Waals surface area contributed by atoms with Crippen LogP contribution in [0.5, 0.6) is 0 Å². The second-order valence-electron chi connectivity index (χ2n) is 4.12. The summed E-state index contributed by atoms with van der Waals surface area (Å²) >= 11 is 4.36. The summed E-state index contributed by atoms with van der Waals surface area (Å²) in [6, 6.07) is 1.97. The molecule has 90 valence electrons. The minimum atomic E-state index is -0.0513. The van der Waals surface area contributed by atoms with Crippen LogP contribution in [0, 0.1) is 6.92 Å². The molecule has 0 spiro atoms. The summed E-state index contributed by atoms with van der Waals surface area (Å²) in [4.78, 5) is 11.1. The van der Waals surface area contributed by atoms with E-state index in [1.165, 1.54) is 0 Å². The Morgan fingerprint density at radius 3 is 3.24 bits per heavy atom. The molecule has 1 atom stereocenters. The van der Waals surface area contributed by atoms with Crippen LogP contribution in [0.2, 0.25) is 0 Å². The summed E-state index contributed by atoms with van der Waals surface area (Å²) in [6.45, 7) is 4.24. The van der Waals surface area contributed by atoms with Crippen LogP contribution in [0.15, 0.2) is 18.5 Å². The number of imidazole rings is 1. The fraction of sp³-hybridized carbons (Fsp3) is 0.455. The largest absolute Gasteiger partial charge is 0.364 e. The fourth-order valence-electron chi connectivity index (χ4n) is 2.06. The van der Waals surface area contributed by atoms with Crippen LogP contribution in [0.25, 0.3) is 5.65 Å². The maximum absolute atomic E-state index is 5.42. The van der Waals surface area contributed by atoms with Gasteiger partial charge in [0.2, 0.25) is 5.95 Å². The van der Waals surface area contributed by atoms with E-state index in [1.54, 1.807) is 6.20 Å². The monoisotopic (exact) mass is 250 g/mol. The number of hydrogen-bond donors (Lipinski definition) is 1. The van der Waals surface area contributed by atoms with Gasteiger partial charge in [0, 0.05) is 30.7 Å². The van der Waals surface area contributed by atoms with Crippen molar-refractivity contribution in [3.05, 3.63) is 24.2 Å². The van der Waals surface area contributed by atoms with Crippen molar-refractivity contribution in [2.24, 2.45) is 0 Å². The van der Waals surface area contributed by atoms with E-state index in [2.05, 4.69) is 27.5 Å². The molecule has 0 radical (unpaired) electrons. The van der Waals surface area contributed by atoms with Crippen LogP contribution in [0.3, 0.4) is 0 Å². The second-order valence-corrected chi connectivity index (χ2v) is 4.70. The van der Waals surface area contributed by atoms with Crippen molar-refractivity contribution < 1.29 is 4.74 Å². The van der Waals surface area contributed by atoms with Crippen LogP contribution in [0.1, 0.15) is 5.69 Å². The normalized spacial score (nSPS) is 21.1. The zero-order chi connectivity index (χ0) is 11.8. The van der Waals surface area contributed by atoms with Crippen molar-refractivity contribution in [3.63, 3.8) is 0 Å². The van der Waals surface area contributed by atoms with E-state index in [4.69, 9.17) is 4.74 Å². The predicted molar refractivity (Wildman–Crippen MR) is 68.7 cm³/mol. The number of ether oxygens (including phenoxy) is 1. The highest BCUT2D eigenvalue weighted by atomic mass is 32.1. The number of anilines is 1. The third-order valence-electron chi connectivity index (χ3n) is 2.83. The van der Waals surface area contributed by atoms with Gasteiger partial charge >= 0.3 is 0 Å². The maximum atomic E-state index is 5.42. The van der Waals surface area contributed by atoms with Crippen molar-refractivity contribution in [3.8, 4) is 0 Å². The van der Waals surface area contributed by atoms with Crippen molar-refractivity contribution in [1.29, 1.82) is 0 Å². The molecule has 6 heteroatoms. The van der Waals surface area contributed by atoms with Crippen molar-refractivity contribution in [2.45, 2.75) is 12.4 Å². The Balaban J connectivity index is 2.06. The van der Waals surface area contributed by atoms with Crippen molar-refractivity contribution >= 4 is 24.2 Å². The first-order chi connectivity index (χ1) is 8.24. The minimum Gasteiger partial charge on any atom is -0.364 e. The standard InChI is InChI=1S/C11H14N4OS/c1-8-6-9-12-2-3-15(9)11(13-8)14-4-5-16-10(17)7-14/h2-3,6,10,17H,4-5,7H2,1H3. The summed E-state index contributed by atoms with van der Waals surface area (Å²) in [5, 5.41) is 0. The van der Waals surface area contributed by atoms with E-state index in [9.17, 15) is 0 Å². The molecule has 1 aliphatic rings. The summed E-state index contributed by atoms with van der Waals surface area (Å²) in [6.07, 6.45) is 3.72. The molecule has 3 rings (SSSR count). The van der Waals surface area contributed by atoms with Crippen LogP contribution in [-0.2, 0) is 4.74 Å². The van der Waals surface area contributed by atoms with Crippen molar-refractivity contribution in [1.82, 2.24) is 14.4 Å². The molecule has 0 saturated carbocycles. The first-order valence-corrected chi connectivity index (χ1v) is 6.11. The summed E-state index contributed by atoms with van der Waals surface area (Å²) in [5.41, 5.74) is 1.85. The van der Waals surface area contributed by atoms with Crippen LogP contribution in [-0.4, -0.2) is 39.5 Å². The molecule has 17 heavy (non-hydrogen) atoms. The molecule has 0 N–H and O–H groups in total. The third-order valence-corrected chi connectivity index (χ3v) is 3.14. The van der Waals surface area contributed by atoms with Gasteiger partial charge in [-0.15, -0.1) is 12.6 Å². The highest BCUT2D eigenvalue weighted by molar-refractivity contribution is 7.80. The third kappa shape index (κ3) is 1.98. The van der Waals surface area contributed by atoms with E-state index in [1.807, 2.05) is 23.6 Å². The van der Waals surface area contributed by atoms with Gasteiger partial charge in [0.05, 0.1) is 13.2 Å². The molecular weight excluding hydrogens is 236 g/mol. The van der Waals surface area contributed by atoms with E-state index in [0.29, 0.717) is 6.61 Å². The van der Waals surface area contributed by atoms with Gasteiger partial charge in [-0.3, -0.25) is 4.40 Å². The van der Waals surface area contributed by atoms with Gasteiger partial charge in [-0.1, -0.05) is 0 Å². The predicted octanol–water partition coefficient (Wildman–Crippen LogP) is 1.13. The van der Waals surface area contributed by atoms with Gasteiger partial charge in [0.25, 0.3) is 0 Å². The van der Waals surface area contributed by atoms with Gasteiger partial charge in [0.15, 0.2) is 0 Å². The molecule has 0 amide bonds. The summed E-state index contributed by atoms with van der Waals surface area (Å²) in [7, 11) is 0. The lowest BCUT2D eigenvalue weighted by molar-refractivity contribution is 0.0989. The zero-order valence-corrected chi connectivity index (χ0v) is 10.5. The van der Waals surface area contributed by atoms with E-state index < -0.39 is 0 Å². The molecule has 3 heterocycles. The Labute approximate surface area is 105 Å². The lowest BCUT2D eigenvalue weighted by Crippen LogP contribution is -2.41. The Morgan fingerprint density at radius 2 is 2.41 bits per heavy atom. The minimum absolute atomic E-state index is 0.0513. The van der Waals surface area contributed by atoms with Gasteiger partial charge in [-0.05, 0) is 6.92 Å². The summed E-state index contributed by atoms with van der Waals surface area (Å²) < 4.78 is 7.42. The molecule has 1 aliphatic heterocycles. The molecule has 1 saturated heterocycles. The smallest absolute Gasteiger partial charge is 0.211 e. The Kier molecular flexibility index (Phi) is 2.68. The topological polar surface area (TPSA) is 42.7 Å². The molecule has 0 bridgehead atoms. The number of hydrogen-bond acceptors (Lipinski definition) is 5. The quantitative estimate of drug-likeness (QED) is 0.771. The van der Waals surface area contributed by atoms with Gasteiger partial charge < -0.3 is 9.64 Å². The molecule has 1 unspecified atom stereocenters. The first-order valence-electron chi connectivity index (χ1n) is 5.59. The van der Waals surface area contributed by atoms with E-state index in [0.717, 1.165) is 30.4 Å². The molecular formula is C11H14N4OS. The second kappa shape index (κ2) is 4.19. The highest BCUT2D eigenvalue weighted by Gasteiger charge is 2.20. The number of morpholine rings is 1. The van der Waals surface area contributed by atoms with Gasteiger partial charge in [-0.2, -0.15) is 0 Å². The number of nitrogens with zero attached hydrogens (tertiary/aromatic N) is 4. The molecule has 5 nitrogen and oxygen atoms in total. The van der Waals surface area contributed by atoms with Crippen LogP contribution in [0.4, 0.5) is 5.95 Å². The zero-order valence-electron chi connectivity index (χ0n) is 9.58. The maximum Gasteiger partial charge on any atom is 0.211 e. The average Bonchev–Trinajstić information content (AvgIpc) is 2.75. The lowest BCUT2D eigenvalue weighted by atomic mass is 10.4. The number of fused-ring (bicyclic) bond motifs is 1. The van der Waals surface area contributed by atoms with Crippen molar-refractivity contribution in [2.75, 3.05) is 24.6 Å². The molecule has 0 aliphatic carbocycles. The number of rotatable bonds is 1. The Hall–Kier alpha value is -1.27. The van der Waals surface area contributed by atoms with E-state index >= 15 is 0 Å². The SMILES string of the molecule is Cc1cc2nccn2c(N2CCOC(S)C2)n1. The summed E-state index contributed by atoms with van der Waals surface area (Å²) in [5.74, 6) is 0.917. The Bertz CT molecular complexity index is 541. The van der Waals surface area contributed by atoms with Crippen LogP contribution < -0.4 is 4.90 Å². The molecule has 0 aromatic carbocycles.